The van der Waals surface area contributed by atoms with Crippen molar-refractivity contribution >= 4 is 5.97 Å². The highest BCUT2D eigenvalue weighted by atomic mass is 16.4. The standard InChI is InChI=1S/C20H32O5/c21-17-10-6-2-1-3-7-12-18(22)13-8-4-5-9-14-19(23)15-11-16-20(24)25/h4-5,9,11,14-16,18,21-23H,1-3,6-8,10,12-13,17H2,(H,24,25). The van der Waals surface area contributed by atoms with Gasteiger partial charge in [0.2, 0.25) is 0 Å². The first-order valence-electron chi connectivity index (χ1n) is 8.98. The van der Waals surface area contributed by atoms with Gasteiger partial charge in [0.25, 0.3) is 0 Å². The summed E-state index contributed by atoms with van der Waals surface area (Å²) in [5, 5.41) is 36.4. The summed E-state index contributed by atoms with van der Waals surface area (Å²) in [6, 6.07) is 0. The van der Waals surface area contributed by atoms with Crippen molar-refractivity contribution < 1.29 is 25.2 Å². The molecule has 0 rings (SSSR count). The van der Waals surface area contributed by atoms with Crippen molar-refractivity contribution in [1.29, 1.82) is 0 Å². The van der Waals surface area contributed by atoms with E-state index in [1.54, 1.807) is 12.2 Å². The van der Waals surface area contributed by atoms with Crippen LogP contribution in [0.15, 0.2) is 48.3 Å². The van der Waals surface area contributed by atoms with Gasteiger partial charge in [-0.3, -0.25) is 0 Å². The fourth-order valence-electron chi connectivity index (χ4n) is 2.25. The summed E-state index contributed by atoms with van der Waals surface area (Å²) in [6.07, 6.45) is 18.8. The van der Waals surface area contributed by atoms with Gasteiger partial charge >= 0.3 is 5.97 Å². The molecule has 0 aromatic rings. The monoisotopic (exact) mass is 352 g/mol. The number of unbranched alkanes of at least 4 members (excludes halogenated alkanes) is 5. The summed E-state index contributed by atoms with van der Waals surface area (Å²) in [6.45, 7) is 0.277. The molecule has 0 aliphatic carbocycles. The molecular formula is C20H32O5. The number of carbonyl (C=O) groups is 1. The van der Waals surface area contributed by atoms with E-state index in [2.05, 4.69) is 0 Å². The molecule has 0 fully saturated rings. The van der Waals surface area contributed by atoms with Gasteiger partial charge in [-0.2, -0.15) is 0 Å². The van der Waals surface area contributed by atoms with Crippen molar-refractivity contribution in [2.45, 2.75) is 63.9 Å². The number of carboxylic acid groups (broad SMARTS) is 1. The number of aliphatic hydroxyl groups is 3. The maximum absolute atomic E-state index is 10.2. The van der Waals surface area contributed by atoms with Crippen LogP contribution in [0.25, 0.3) is 0 Å². The van der Waals surface area contributed by atoms with Crippen LogP contribution in [0.4, 0.5) is 0 Å². The molecular weight excluding hydrogens is 320 g/mol. The molecule has 0 aliphatic rings. The van der Waals surface area contributed by atoms with E-state index < -0.39 is 5.97 Å². The van der Waals surface area contributed by atoms with Gasteiger partial charge in [-0.1, -0.05) is 56.4 Å². The van der Waals surface area contributed by atoms with Crippen molar-refractivity contribution in [2.24, 2.45) is 0 Å². The van der Waals surface area contributed by atoms with Crippen LogP contribution in [0, 0.1) is 0 Å². The SMILES string of the molecule is O=C(O)C=CC=C(O)C=CC=CCCC(O)CCCCCCCCO. The number of aliphatic carboxylic acids is 1. The third kappa shape index (κ3) is 18.3. The first-order valence-corrected chi connectivity index (χ1v) is 8.98. The van der Waals surface area contributed by atoms with E-state index in [0.717, 1.165) is 63.9 Å². The molecule has 5 heteroatoms. The quantitative estimate of drug-likeness (QED) is 0.154. The summed E-state index contributed by atoms with van der Waals surface area (Å²) >= 11 is 0. The van der Waals surface area contributed by atoms with Gasteiger partial charge in [-0.25, -0.2) is 4.79 Å². The second kappa shape index (κ2) is 17.0. The van der Waals surface area contributed by atoms with E-state index in [-0.39, 0.29) is 18.5 Å². The fraction of sp³-hybridized carbons (Fsp3) is 0.550. The number of carboxylic acids is 1. The van der Waals surface area contributed by atoms with Crippen molar-refractivity contribution in [3.8, 4) is 0 Å². The van der Waals surface area contributed by atoms with Crippen molar-refractivity contribution in [1.82, 2.24) is 0 Å². The number of allylic oxidation sites excluding steroid dienone is 6. The van der Waals surface area contributed by atoms with E-state index in [1.807, 2.05) is 6.08 Å². The van der Waals surface area contributed by atoms with Crippen molar-refractivity contribution in [3.63, 3.8) is 0 Å². The minimum Gasteiger partial charge on any atom is -0.508 e. The van der Waals surface area contributed by atoms with Crippen LogP contribution < -0.4 is 0 Å². The Morgan fingerprint density at radius 2 is 1.52 bits per heavy atom. The molecule has 0 heterocycles. The third-order valence-corrected chi connectivity index (χ3v) is 3.63. The average Bonchev–Trinajstić information content (AvgIpc) is 2.56. The molecule has 0 aromatic heterocycles. The Morgan fingerprint density at radius 1 is 0.840 bits per heavy atom. The maximum atomic E-state index is 10.2. The smallest absolute Gasteiger partial charge is 0.328 e. The summed E-state index contributed by atoms with van der Waals surface area (Å²) < 4.78 is 0. The van der Waals surface area contributed by atoms with Crippen LogP contribution in [0.1, 0.15) is 57.8 Å². The Kier molecular flexibility index (Phi) is 15.7. The Bertz CT molecular complexity index is 449. The van der Waals surface area contributed by atoms with Gasteiger partial charge in [0.15, 0.2) is 0 Å². The fourth-order valence-corrected chi connectivity index (χ4v) is 2.25. The Hall–Kier alpha value is -1.85. The van der Waals surface area contributed by atoms with Gasteiger partial charge < -0.3 is 20.4 Å². The van der Waals surface area contributed by atoms with Crippen LogP contribution in [-0.4, -0.2) is 39.1 Å². The average molecular weight is 352 g/mol. The molecule has 5 nitrogen and oxygen atoms in total. The van der Waals surface area contributed by atoms with E-state index in [4.69, 9.17) is 10.2 Å². The van der Waals surface area contributed by atoms with Crippen LogP contribution in [-0.2, 0) is 4.79 Å². The zero-order valence-electron chi connectivity index (χ0n) is 14.9. The maximum Gasteiger partial charge on any atom is 0.328 e. The highest BCUT2D eigenvalue weighted by Gasteiger charge is 2.02. The van der Waals surface area contributed by atoms with Crippen LogP contribution in [0.3, 0.4) is 0 Å². The molecule has 0 saturated carbocycles. The normalized spacial score (nSPS) is 14.1. The number of rotatable bonds is 15. The molecule has 0 aromatic carbocycles. The number of hydrogen-bond acceptors (Lipinski definition) is 4. The Labute approximate surface area is 150 Å². The largest absolute Gasteiger partial charge is 0.508 e. The van der Waals surface area contributed by atoms with E-state index in [1.165, 1.54) is 18.2 Å². The van der Waals surface area contributed by atoms with E-state index in [0.29, 0.717) is 0 Å². The molecule has 1 unspecified atom stereocenters. The highest BCUT2D eigenvalue weighted by Crippen LogP contribution is 2.11. The zero-order chi connectivity index (χ0) is 18.8. The lowest BCUT2D eigenvalue weighted by molar-refractivity contribution is -0.131. The summed E-state index contributed by atoms with van der Waals surface area (Å²) in [7, 11) is 0. The summed E-state index contributed by atoms with van der Waals surface area (Å²) in [5.41, 5.74) is 0. The van der Waals surface area contributed by atoms with Crippen molar-refractivity contribution in [3.05, 3.63) is 48.3 Å². The van der Waals surface area contributed by atoms with E-state index in [9.17, 15) is 15.0 Å². The van der Waals surface area contributed by atoms with Gasteiger partial charge in [0, 0.05) is 12.7 Å². The van der Waals surface area contributed by atoms with Crippen molar-refractivity contribution in [2.75, 3.05) is 6.61 Å². The summed E-state index contributed by atoms with van der Waals surface area (Å²) in [5.74, 6) is -1.09. The van der Waals surface area contributed by atoms with Crippen LogP contribution in [0.5, 0.6) is 0 Å². The van der Waals surface area contributed by atoms with Crippen LogP contribution in [0.2, 0.25) is 0 Å². The number of aliphatic hydroxyl groups excluding tert-OH is 3. The molecule has 0 radical (unpaired) electrons. The first kappa shape index (κ1) is 23.1. The highest BCUT2D eigenvalue weighted by molar-refractivity contribution is 5.80. The Morgan fingerprint density at radius 3 is 2.20 bits per heavy atom. The molecule has 0 amide bonds. The van der Waals surface area contributed by atoms with E-state index >= 15 is 0 Å². The third-order valence-electron chi connectivity index (χ3n) is 3.63. The summed E-state index contributed by atoms with van der Waals surface area (Å²) in [4.78, 5) is 10.2. The second-order valence-corrected chi connectivity index (χ2v) is 5.94. The van der Waals surface area contributed by atoms with Gasteiger partial charge in [0.05, 0.1) is 6.10 Å². The zero-order valence-corrected chi connectivity index (χ0v) is 14.9. The van der Waals surface area contributed by atoms with Gasteiger partial charge in [0.1, 0.15) is 5.76 Å². The Balaban J connectivity index is 3.69. The molecule has 25 heavy (non-hydrogen) atoms. The second-order valence-electron chi connectivity index (χ2n) is 5.94. The van der Waals surface area contributed by atoms with Gasteiger partial charge in [-0.15, -0.1) is 0 Å². The molecule has 0 bridgehead atoms. The topological polar surface area (TPSA) is 98.0 Å². The molecule has 0 aliphatic heterocycles. The lowest BCUT2D eigenvalue weighted by atomic mass is 10.0. The molecule has 4 N–H and O–H groups in total. The van der Waals surface area contributed by atoms with Gasteiger partial charge in [-0.05, 0) is 37.8 Å². The predicted octanol–water partition coefficient (Wildman–Crippen LogP) is 4.05. The lowest BCUT2D eigenvalue weighted by Crippen LogP contribution is -2.05. The minimum absolute atomic E-state index is 0.0267. The molecule has 0 saturated heterocycles. The minimum atomic E-state index is -1.06. The molecule has 1 atom stereocenters. The predicted molar refractivity (Wildman–Crippen MR) is 100 cm³/mol. The lowest BCUT2D eigenvalue weighted by Gasteiger charge is -2.08. The van der Waals surface area contributed by atoms with Crippen LogP contribution >= 0.6 is 0 Å². The number of hydrogen-bond donors (Lipinski definition) is 4. The first-order chi connectivity index (χ1) is 12.1. The molecule has 0 spiro atoms. The molecule has 142 valence electrons.